The molecule has 2 heterocycles. The van der Waals surface area contributed by atoms with Gasteiger partial charge in [-0.15, -0.1) is 0 Å². The fourth-order valence-electron chi connectivity index (χ4n) is 2.08. The van der Waals surface area contributed by atoms with Crippen molar-refractivity contribution in [3.63, 3.8) is 0 Å². The summed E-state index contributed by atoms with van der Waals surface area (Å²) in [6.45, 7) is 9.34. The van der Waals surface area contributed by atoms with Crippen LogP contribution in [0.5, 0.6) is 0 Å². The first kappa shape index (κ1) is 15.0. The number of carbonyl (C=O) groups excluding carboxylic acids is 1. The van der Waals surface area contributed by atoms with Crippen molar-refractivity contribution in [1.82, 2.24) is 15.5 Å². The molecule has 1 amide bonds. The smallest absolute Gasteiger partial charge is 0.248 e. The molecule has 1 N–H and O–H groups in total. The molecule has 0 unspecified atom stereocenters. The quantitative estimate of drug-likeness (QED) is 0.913. The van der Waals surface area contributed by atoms with E-state index in [1.165, 1.54) is 0 Å². The van der Waals surface area contributed by atoms with Crippen LogP contribution in [0.3, 0.4) is 0 Å². The molecular weight excluding hydrogens is 258 g/mol. The van der Waals surface area contributed by atoms with Gasteiger partial charge in [0.05, 0.1) is 0 Å². The summed E-state index contributed by atoms with van der Waals surface area (Å²) in [5, 5.41) is 6.86. The molecule has 1 aromatic rings. The van der Waals surface area contributed by atoms with Gasteiger partial charge in [-0.1, -0.05) is 25.9 Å². The number of aromatic nitrogens is 2. The van der Waals surface area contributed by atoms with E-state index >= 15 is 0 Å². The lowest BCUT2D eigenvalue weighted by atomic mass is 9.96. The number of nitrogens with zero attached hydrogens (tertiary/aromatic N) is 2. The molecular formula is C14H23N3O3. The van der Waals surface area contributed by atoms with Crippen LogP contribution in [0.2, 0.25) is 0 Å². The van der Waals surface area contributed by atoms with Crippen LogP contribution < -0.4 is 5.32 Å². The molecule has 0 spiro atoms. The largest absolute Gasteiger partial charge is 0.381 e. The zero-order valence-electron chi connectivity index (χ0n) is 12.6. The van der Waals surface area contributed by atoms with Crippen LogP contribution in [0.1, 0.15) is 58.3 Å². The maximum atomic E-state index is 11.9. The molecule has 0 aliphatic carbocycles. The van der Waals surface area contributed by atoms with E-state index in [0.717, 1.165) is 13.0 Å². The Morgan fingerprint density at radius 2 is 2.25 bits per heavy atom. The Kier molecular flexibility index (Phi) is 4.42. The third kappa shape index (κ3) is 3.79. The van der Waals surface area contributed by atoms with Gasteiger partial charge in [-0.3, -0.25) is 4.79 Å². The predicted octanol–water partition coefficient (Wildman–Crippen LogP) is 1.97. The molecule has 1 aliphatic rings. The van der Waals surface area contributed by atoms with Gasteiger partial charge in [0, 0.05) is 25.0 Å². The molecule has 0 aromatic carbocycles. The fourth-order valence-corrected chi connectivity index (χ4v) is 2.08. The van der Waals surface area contributed by atoms with Crippen molar-refractivity contribution in [3.05, 3.63) is 11.7 Å². The van der Waals surface area contributed by atoms with Gasteiger partial charge >= 0.3 is 0 Å². The SMILES string of the molecule is C[C@H](NC(=O)C[C@@H]1CCOC1)c1nc(C(C)(C)C)no1. The van der Waals surface area contributed by atoms with Gasteiger partial charge in [0.1, 0.15) is 6.04 Å². The summed E-state index contributed by atoms with van der Waals surface area (Å²) >= 11 is 0. The minimum Gasteiger partial charge on any atom is -0.381 e. The summed E-state index contributed by atoms with van der Waals surface area (Å²) in [6, 6.07) is -0.270. The zero-order chi connectivity index (χ0) is 14.8. The van der Waals surface area contributed by atoms with E-state index < -0.39 is 0 Å². The van der Waals surface area contributed by atoms with Crippen LogP contribution in [0.4, 0.5) is 0 Å². The Balaban J connectivity index is 1.89. The fraction of sp³-hybridized carbons (Fsp3) is 0.786. The van der Waals surface area contributed by atoms with Gasteiger partial charge in [-0.05, 0) is 19.3 Å². The van der Waals surface area contributed by atoms with E-state index in [9.17, 15) is 4.79 Å². The minimum absolute atomic E-state index is 0.00325. The van der Waals surface area contributed by atoms with E-state index in [2.05, 4.69) is 15.5 Å². The molecule has 0 saturated carbocycles. The first-order valence-corrected chi connectivity index (χ1v) is 7.07. The Morgan fingerprint density at radius 3 is 2.80 bits per heavy atom. The standard InChI is InChI=1S/C14H23N3O3/c1-9(12-16-13(17-20-12)14(2,3)4)15-11(18)7-10-5-6-19-8-10/h9-10H,5-8H2,1-4H3,(H,15,18)/t9-,10-/m0/s1. The van der Waals surface area contributed by atoms with E-state index in [1.54, 1.807) is 0 Å². The lowest BCUT2D eigenvalue weighted by Crippen LogP contribution is -2.28. The van der Waals surface area contributed by atoms with Crippen molar-refractivity contribution in [2.75, 3.05) is 13.2 Å². The summed E-state index contributed by atoms with van der Waals surface area (Å²) in [5.41, 5.74) is -0.160. The Labute approximate surface area is 119 Å². The second kappa shape index (κ2) is 5.91. The number of ether oxygens (including phenoxy) is 1. The molecule has 1 fully saturated rings. The number of carbonyl (C=O) groups is 1. The molecule has 2 atom stereocenters. The first-order valence-electron chi connectivity index (χ1n) is 7.07. The minimum atomic E-state index is -0.270. The molecule has 1 saturated heterocycles. The molecule has 6 nitrogen and oxygen atoms in total. The third-order valence-corrected chi connectivity index (χ3v) is 3.36. The average Bonchev–Trinajstić information content (AvgIpc) is 2.97. The Bertz CT molecular complexity index is 458. The Morgan fingerprint density at radius 1 is 1.50 bits per heavy atom. The van der Waals surface area contributed by atoms with Gasteiger partial charge in [0.15, 0.2) is 5.82 Å². The highest BCUT2D eigenvalue weighted by atomic mass is 16.5. The van der Waals surface area contributed by atoms with Crippen LogP contribution in [-0.2, 0) is 14.9 Å². The molecule has 6 heteroatoms. The normalized spacial score (nSPS) is 20.9. The molecule has 112 valence electrons. The van der Waals surface area contributed by atoms with Crippen LogP contribution in [-0.4, -0.2) is 29.3 Å². The molecule has 2 rings (SSSR count). The zero-order valence-corrected chi connectivity index (χ0v) is 12.6. The van der Waals surface area contributed by atoms with Crippen molar-refractivity contribution in [2.24, 2.45) is 5.92 Å². The second-order valence-electron chi connectivity index (χ2n) is 6.43. The lowest BCUT2D eigenvalue weighted by molar-refractivity contribution is -0.122. The summed E-state index contributed by atoms with van der Waals surface area (Å²) < 4.78 is 10.5. The van der Waals surface area contributed by atoms with E-state index in [-0.39, 0.29) is 17.4 Å². The number of hydrogen-bond donors (Lipinski definition) is 1. The number of nitrogens with one attached hydrogen (secondary N) is 1. The molecule has 0 radical (unpaired) electrons. The summed E-state index contributed by atoms with van der Waals surface area (Å²) in [7, 11) is 0. The summed E-state index contributed by atoms with van der Waals surface area (Å²) in [6.07, 6.45) is 1.45. The number of hydrogen-bond acceptors (Lipinski definition) is 5. The third-order valence-electron chi connectivity index (χ3n) is 3.36. The first-order chi connectivity index (χ1) is 9.36. The van der Waals surface area contributed by atoms with E-state index in [4.69, 9.17) is 9.26 Å². The Hall–Kier alpha value is -1.43. The van der Waals surface area contributed by atoms with Crippen molar-refractivity contribution in [3.8, 4) is 0 Å². The topological polar surface area (TPSA) is 77.2 Å². The van der Waals surface area contributed by atoms with Crippen LogP contribution in [0.25, 0.3) is 0 Å². The lowest BCUT2D eigenvalue weighted by Gasteiger charge is -2.13. The molecule has 20 heavy (non-hydrogen) atoms. The molecule has 1 aliphatic heterocycles. The maximum Gasteiger partial charge on any atom is 0.248 e. The highest BCUT2D eigenvalue weighted by Crippen LogP contribution is 2.21. The average molecular weight is 281 g/mol. The van der Waals surface area contributed by atoms with Crippen molar-refractivity contribution in [2.45, 2.75) is 52.0 Å². The maximum absolute atomic E-state index is 11.9. The van der Waals surface area contributed by atoms with Gasteiger partial charge in [-0.25, -0.2) is 0 Å². The van der Waals surface area contributed by atoms with Crippen molar-refractivity contribution < 1.29 is 14.1 Å². The predicted molar refractivity (Wildman–Crippen MR) is 73.1 cm³/mol. The van der Waals surface area contributed by atoms with Crippen molar-refractivity contribution in [1.29, 1.82) is 0 Å². The number of rotatable bonds is 4. The van der Waals surface area contributed by atoms with E-state index in [1.807, 2.05) is 27.7 Å². The van der Waals surface area contributed by atoms with Crippen LogP contribution in [0, 0.1) is 5.92 Å². The van der Waals surface area contributed by atoms with Gasteiger partial charge in [0.25, 0.3) is 0 Å². The van der Waals surface area contributed by atoms with Gasteiger partial charge in [0.2, 0.25) is 11.8 Å². The monoisotopic (exact) mass is 281 g/mol. The summed E-state index contributed by atoms with van der Waals surface area (Å²) in [5.74, 6) is 1.43. The number of amides is 1. The van der Waals surface area contributed by atoms with Crippen LogP contribution in [0.15, 0.2) is 4.52 Å². The van der Waals surface area contributed by atoms with E-state index in [0.29, 0.717) is 30.7 Å². The highest BCUT2D eigenvalue weighted by Gasteiger charge is 2.25. The second-order valence-corrected chi connectivity index (χ2v) is 6.43. The molecule has 1 aromatic heterocycles. The van der Waals surface area contributed by atoms with Gasteiger partial charge in [-0.2, -0.15) is 4.98 Å². The highest BCUT2D eigenvalue weighted by molar-refractivity contribution is 5.76. The van der Waals surface area contributed by atoms with Crippen LogP contribution >= 0.6 is 0 Å². The van der Waals surface area contributed by atoms with Crippen molar-refractivity contribution >= 4 is 5.91 Å². The van der Waals surface area contributed by atoms with Gasteiger partial charge < -0.3 is 14.6 Å². The summed E-state index contributed by atoms with van der Waals surface area (Å²) in [4.78, 5) is 16.3. The molecule has 0 bridgehead atoms.